The van der Waals surface area contributed by atoms with Crippen LogP contribution in [0.2, 0.25) is 0 Å². The van der Waals surface area contributed by atoms with Gasteiger partial charge in [-0.05, 0) is 18.5 Å². The summed E-state index contributed by atoms with van der Waals surface area (Å²) in [5, 5.41) is 6.38. The summed E-state index contributed by atoms with van der Waals surface area (Å²) in [4.78, 5) is 11.7. The molecular formula is C10H18N4O3S. The van der Waals surface area contributed by atoms with Gasteiger partial charge in [0.05, 0.1) is 13.7 Å². The van der Waals surface area contributed by atoms with Gasteiger partial charge < -0.3 is 25.8 Å². The highest BCUT2D eigenvalue weighted by molar-refractivity contribution is 7.11. The van der Waals surface area contributed by atoms with Gasteiger partial charge in [-0.2, -0.15) is 4.37 Å². The van der Waals surface area contributed by atoms with Gasteiger partial charge in [0.2, 0.25) is 5.91 Å². The zero-order valence-electron chi connectivity index (χ0n) is 10.6. The predicted molar refractivity (Wildman–Crippen MR) is 71.0 cm³/mol. The van der Waals surface area contributed by atoms with Crippen LogP contribution in [-0.4, -0.2) is 43.7 Å². The number of nitrogens with zero attached hydrogens (tertiary/aromatic N) is 1. The maximum absolute atomic E-state index is 11.7. The molecular weight excluding hydrogens is 256 g/mol. The zero-order valence-corrected chi connectivity index (χ0v) is 11.5. The fourth-order valence-electron chi connectivity index (χ4n) is 1.27. The van der Waals surface area contributed by atoms with Crippen molar-refractivity contribution < 1.29 is 14.3 Å². The number of amides is 1. The maximum Gasteiger partial charge on any atom is 0.242 e. The van der Waals surface area contributed by atoms with E-state index in [0.717, 1.165) is 11.5 Å². The number of carbonyl (C=O) groups excluding carboxylic acids is 1. The second-order valence-electron chi connectivity index (χ2n) is 3.58. The van der Waals surface area contributed by atoms with Gasteiger partial charge in [-0.15, -0.1) is 0 Å². The molecule has 18 heavy (non-hydrogen) atoms. The molecule has 0 aliphatic rings. The fourth-order valence-corrected chi connectivity index (χ4v) is 2.05. The highest BCUT2D eigenvalue weighted by atomic mass is 32.1. The van der Waals surface area contributed by atoms with Crippen molar-refractivity contribution in [1.82, 2.24) is 9.69 Å². The van der Waals surface area contributed by atoms with E-state index < -0.39 is 6.04 Å². The largest absolute Gasteiger partial charge is 0.490 e. The first-order valence-corrected chi connectivity index (χ1v) is 6.19. The first-order chi connectivity index (χ1) is 8.60. The molecule has 1 unspecified atom stereocenters. The van der Waals surface area contributed by atoms with Crippen LogP contribution in [-0.2, 0) is 9.53 Å². The van der Waals surface area contributed by atoms with Gasteiger partial charge in [0.1, 0.15) is 6.04 Å². The van der Waals surface area contributed by atoms with Gasteiger partial charge >= 0.3 is 0 Å². The van der Waals surface area contributed by atoms with Gasteiger partial charge in [0, 0.05) is 13.7 Å². The van der Waals surface area contributed by atoms with Crippen LogP contribution in [0, 0.1) is 0 Å². The molecule has 4 N–H and O–H groups in total. The Morgan fingerprint density at radius 3 is 2.89 bits per heavy atom. The van der Waals surface area contributed by atoms with Crippen LogP contribution < -0.4 is 21.1 Å². The summed E-state index contributed by atoms with van der Waals surface area (Å²) in [5.41, 5.74) is 5.62. The lowest BCUT2D eigenvalue weighted by Gasteiger charge is -2.14. The molecule has 1 atom stereocenters. The molecule has 0 aromatic carbocycles. The Morgan fingerprint density at radius 2 is 2.28 bits per heavy atom. The van der Waals surface area contributed by atoms with Gasteiger partial charge in [-0.3, -0.25) is 4.79 Å². The van der Waals surface area contributed by atoms with E-state index in [2.05, 4.69) is 15.0 Å². The van der Waals surface area contributed by atoms with Crippen molar-refractivity contribution in [3.05, 3.63) is 0 Å². The molecule has 1 amide bonds. The number of rotatable bonds is 7. The summed E-state index contributed by atoms with van der Waals surface area (Å²) < 4.78 is 13.9. The predicted octanol–water partition coefficient (Wildman–Crippen LogP) is 0.297. The molecule has 0 aliphatic carbocycles. The minimum absolute atomic E-state index is 0.124. The molecule has 1 aromatic rings. The lowest BCUT2D eigenvalue weighted by atomic mass is 10.3. The standard InChI is InChI=1S/C10H18N4O3S/c1-6(9(15)12-4-5-16-2)13-10-7(17-3)8(11)14-18-10/h6,13H,4-5H2,1-3H3,(H2,11,14)(H,12,15). The molecule has 0 bridgehead atoms. The van der Waals surface area contributed by atoms with Crippen molar-refractivity contribution in [2.75, 3.05) is 38.4 Å². The van der Waals surface area contributed by atoms with Crippen LogP contribution in [0.25, 0.3) is 0 Å². The molecule has 0 saturated heterocycles. The molecule has 0 radical (unpaired) electrons. The van der Waals surface area contributed by atoms with E-state index in [0.29, 0.717) is 29.7 Å². The zero-order chi connectivity index (χ0) is 13.5. The van der Waals surface area contributed by atoms with Gasteiger partial charge in [0.15, 0.2) is 16.6 Å². The van der Waals surface area contributed by atoms with E-state index >= 15 is 0 Å². The van der Waals surface area contributed by atoms with E-state index in [1.807, 2.05) is 0 Å². The Morgan fingerprint density at radius 1 is 1.56 bits per heavy atom. The lowest BCUT2D eigenvalue weighted by molar-refractivity contribution is -0.121. The summed E-state index contributed by atoms with van der Waals surface area (Å²) in [6, 6.07) is -0.407. The third-order valence-electron chi connectivity index (χ3n) is 2.22. The summed E-state index contributed by atoms with van der Waals surface area (Å²) in [7, 11) is 3.09. The number of hydrogen-bond donors (Lipinski definition) is 3. The number of nitrogens with two attached hydrogens (primary N) is 1. The van der Waals surface area contributed by atoms with Crippen molar-refractivity contribution in [3.8, 4) is 5.75 Å². The number of nitrogens with one attached hydrogen (secondary N) is 2. The summed E-state index contributed by atoms with van der Waals surface area (Å²) >= 11 is 1.16. The Balaban J connectivity index is 2.52. The van der Waals surface area contributed by atoms with Crippen molar-refractivity contribution in [2.45, 2.75) is 13.0 Å². The Bertz CT molecular complexity index is 396. The Hall–Kier alpha value is -1.54. The van der Waals surface area contributed by atoms with E-state index in [-0.39, 0.29) is 5.91 Å². The van der Waals surface area contributed by atoms with E-state index in [1.165, 1.54) is 7.11 Å². The molecule has 8 heteroatoms. The summed E-state index contributed by atoms with van der Waals surface area (Å²) in [5.74, 6) is 0.662. The fraction of sp³-hybridized carbons (Fsp3) is 0.600. The number of carbonyl (C=O) groups is 1. The lowest BCUT2D eigenvalue weighted by Crippen LogP contribution is -2.38. The molecule has 0 spiro atoms. The number of methoxy groups -OCH3 is 2. The van der Waals surface area contributed by atoms with Crippen molar-refractivity contribution >= 4 is 28.3 Å². The van der Waals surface area contributed by atoms with Crippen LogP contribution >= 0.6 is 11.5 Å². The number of hydrogen-bond acceptors (Lipinski definition) is 7. The topological polar surface area (TPSA) is 98.5 Å². The van der Waals surface area contributed by atoms with E-state index in [4.69, 9.17) is 15.2 Å². The molecule has 0 saturated carbocycles. The Kier molecular flexibility index (Phi) is 5.66. The Labute approximate surface area is 110 Å². The highest BCUT2D eigenvalue weighted by Gasteiger charge is 2.18. The first kappa shape index (κ1) is 14.5. The first-order valence-electron chi connectivity index (χ1n) is 5.42. The number of ether oxygens (including phenoxy) is 2. The minimum Gasteiger partial charge on any atom is -0.490 e. The summed E-state index contributed by atoms with van der Waals surface area (Å²) in [6.45, 7) is 2.70. The van der Waals surface area contributed by atoms with Crippen LogP contribution in [0.5, 0.6) is 5.75 Å². The SMILES string of the molecule is COCCNC(=O)C(C)Nc1snc(N)c1OC. The normalized spacial score (nSPS) is 11.9. The van der Waals surface area contributed by atoms with Gasteiger partial charge in [0.25, 0.3) is 0 Å². The third-order valence-corrected chi connectivity index (χ3v) is 3.00. The molecule has 0 fully saturated rings. The summed E-state index contributed by atoms with van der Waals surface area (Å²) in [6.07, 6.45) is 0. The van der Waals surface area contributed by atoms with Crippen molar-refractivity contribution in [3.63, 3.8) is 0 Å². The molecule has 1 aromatic heterocycles. The highest BCUT2D eigenvalue weighted by Crippen LogP contribution is 2.34. The monoisotopic (exact) mass is 274 g/mol. The van der Waals surface area contributed by atoms with Gasteiger partial charge in [-0.1, -0.05) is 0 Å². The van der Waals surface area contributed by atoms with Gasteiger partial charge in [-0.25, -0.2) is 0 Å². The number of nitrogen functional groups attached to an aromatic ring is 1. The average Bonchev–Trinajstić information content (AvgIpc) is 2.69. The van der Waals surface area contributed by atoms with Crippen LogP contribution in [0.4, 0.5) is 10.8 Å². The molecule has 7 nitrogen and oxygen atoms in total. The van der Waals surface area contributed by atoms with Crippen LogP contribution in [0.3, 0.4) is 0 Å². The van der Waals surface area contributed by atoms with E-state index in [1.54, 1.807) is 14.0 Å². The molecule has 0 aliphatic heterocycles. The molecule has 1 heterocycles. The number of aromatic nitrogens is 1. The quantitative estimate of drug-likeness (QED) is 0.618. The van der Waals surface area contributed by atoms with Crippen LogP contribution in [0.1, 0.15) is 6.92 Å². The second kappa shape index (κ2) is 7.02. The molecule has 1 rings (SSSR count). The maximum atomic E-state index is 11.7. The van der Waals surface area contributed by atoms with Crippen molar-refractivity contribution in [2.24, 2.45) is 0 Å². The van der Waals surface area contributed by atoms with E-state index in [9.17, 15) is 4.79 Å². The number of anilines is 2. The van der Waals surface area contributed by atoms with Crippen molar-refractivity contribution in [1.29, 1.82) is 0 Å². The molecule has 102 valence electrons. The van der Waals surface area contributed by atoms with Crippen LogP contribution in [0.15, 0.2) is 0 Å². The average molecular weight is 274 g/mol. The second-order valence-corrected chi connectivity index (χ2v) is 4.35. The third kappa shape index (κ3) is 3.74. The smallest absolute Gasteiger partial charge is 0.242 e. The minimum atomic E-state index is -0.407.